The molecule has 96 valence electrons. The van der Waals surface area contributed by atoms with Crippen molar-refractivity contribution >= 4 is 23.1 Å². The van der Waals surface area contributed by atoms with Crippen LogP contribution in [0.25, 0.3) is 5.57 Å². The van der Waals surface area contributed by atoms with E-state index in [1.54, 1.807) is 24.3 Å². The molecule has 1 N–H and O–H groups in total. The normalized spacial score (nSPS) is 11.4. The Labute approximate surface area is 114 Å². The fourth-order valence-electron chi connectivity index (χ4n) is 1.74. The van der Waals surface area contributed by atoms with E-state index in [-0.39, 0.29) is 5.82 Å². The number of carbonyl (C=O) groups is 1. The van der Waals surface area contributed by atoms with E-state index in [1.807, 2.05) is 0 Å². The second kappa shape index (κ2) is 5.67. The first-order chi connectivity index (χ1) is 9.06. The lowest BCUT2D eigenvalue weighted by Gasteiger charge is -2.08. The highest BCUT2D eigenvalue weighted by molar-refractivity contribution is 6.30. The molecule has 2 aromatic carbocycles. The van der Waals surface area contributed by atoms with Gasteiger partial charge < -0.3 is 5.11 Å². The van der Waals surface area contributed by atoms with E-state index in [2.05, 4.69) is 0 Å². The Kier molecular flexibility index (Phi) is 3.97. The molecule has 0 radical (unpaired) electrons. The number of hydrogen-bond donors (Lipinski definition) is 1. The zero-order chi connectivity index (χ0) is 13.8. The van der Waals surface area contributed by atoms with Crippen molar-refractivity contribution in [1.82, 2.24) is 0 Å². The molecule has 0 bridgehead atoms. The molecule has 0 aliphatic carbocycles. The first kappa shape index (κ1) is 13.3. The highest BCUT2D eigenvalue weighted by Crippen LogP contribution is 2.25. The molecule has 0 aliphatic heterocycles. The molecule has 0 atom stereocenters. The predicted molar refractivity (Wildman–Crippen MR) is 72.6 cm³/mol. The maximum Gasteiger partial charge on any atom is 0.328 e. The van der Waals surface area contributed by atoms with Gasteiger partial charge >= 0.3 is 5.97 Å². The quantitative estimate of drug-likeness (QED) is 0.861. The minimum absolute atomic E-state index is 0.371. The van der Waals surface area contributed by atoms with Crippen molar-refractivity contribution in [3.63, 3.8) is 0 Å². The van der Waals surface area contributed by atoms with Crippen molar-refractivity contribution < 1.29 is 14.3 Å². The third kappa shape index (κ3) is 3.42. The van der Waals surface area contributed by atoms with E-state index < -0.39 is 5.97 Å². The number of rotatable bonds is 3. The average molecular weight is 277 g/mol. The number of carboxylic acids is 1. The molecule has 2 aromatic rings. The lowest BCUT2D eigenvalue weighted by molar-refractivity contribution is -0.131. The second-order valence-corrected chi connectivity index (χ2v) is 4.35. The third-order valence-corrected chi connectivity index (χ3v) is 2.79. The summed E-state index contributed by atoms with van der Waals surface area (Å²) in [4.78, 5) is 10.9. The number of halogens is 2. The van der Waals surface area contributed by atoms with E-state index in [4.69, 9.17) is 16.7 Å². The van der Waals surface area contributed by atoms with Crippen LogP contribution in [0.15, 0.2) is 54.6 Å². The van der Waals surface area contributed by atoms with Crippen molar-refractivity contribution in [3.8, 4) is 0 Å². The van der Waals surface area contributed by atoms with E-state index in [0.717, 1.165) is 6.08 Å². The average Bonchev–Trinajstić information content (AvgIpc) is 2.37. The van der Waals surface area contributed by atoms with Gasteiger partial charge in [0.2, 0.25) is 0 Å². The van der Waals surface area contributed by atoms with Gasteiger partial charge in [0.25, 0.3) is 0 Å². The van der Waals surface area contributed by atoms with Crippen LogP contribution in [-0.4, -0.2) is 11.1 Å². The summed E-state index contributed by atoms with van der Waals surface area (Å²) in [6.45, 7) is 0. The molecule has 0 unspecified atom stereocenters. The fraction of sp³-hybridized carbons (Fsp3) is 0. The number of carboxylic acid groups (broad SMARTS) is 1. The standard InChI is InChI=1S/C15H10ClFO2/c16-12-3-1-2-11(8-12)14(9-15(18)19)10-4-6-13(17)7-5-10/h1-9H,(H,18,19)/b14-9-. The molecule has 0 heterocycles. The number of aliphatic carboxylic acids is 1. The van der Waals surface area contributed by atoms with Crippen molar-refractivity contribution in [2.45, 2.75) is 0 Å². The Morgan fingerprint density at radius 3 is 2.37 bits per heavy atom. The van der Waals surface area contributed by atoms with Crippen LogP contribution < -0.4 is 0 Å². The van der Waals surface area contributed by atoms with Crippen LogP contribution in [0.2, 0.25) is 5.02 Å². The molecule has 0 aromatic heterocycles. The minimum Gasteiger partial charge on any atom is -0.478 e. The maximum absolute atomic E-state index is 12.9. The number of hydrogen-bond acceptors (Lipinski definition) is 1. The van der Waals surface area contributed by atoms with Crippen molar-refractivity contribution in [2.24, 2.45) is 0 Å². The smallest absolute Gasteiger partial charge is 0.328 e. The Morgan fingerprint density at radius 2 is 1.79 bits per heavy atom. The van der Waals surface area contributed by atoms with Crippen molar-refractivity contribution in [3.05, 3.63) is 76.6 Å². The van der Waals surface area contributed by atoms with Gasteiger partial charge in [-0.15, -0.1) is 0 Å². The lowest BCUT2D eigenvalue weighted by atomic mass is 9.97. The Morgan fingerprint density at radius 1 is 1.11 bits per heavy atom. The summed E-state index contributed by atoms with van der Waals surface area (Å²) in [5.41, 5.74) is 1.77. The van der Waals surface area contributed by atoms with Crippen molar-refractivity contribution in [2.75, 3.05) is 0 Å². The topological polar surface area (TPSA) is 37.3 Å². The van der Waals surface area contributed by atoms with Crippen LogP contribution in [0.4, 0.5) is 4.39 Å². The van der Waals surface area contributed by atoms with E-state index in [1.165, 1.54) is 24.3 Å². The van der Waals surface area contributed by atoms with Crippen LogP contribution in [0.3, 0.4) is 0 Å². The Hall–Kier alpha value is -2.13. The number of benzene rings is 2. The van der Waals surface area contributed by atoms with Gasteiger partial charge in [-0.25, -0.2) is 9.18 Å². The summed E-state index contributed by atoms with van der Waals surface area (Å²) in [5, 5.41) is 9.46. The van der Waals surface area contributed by atoms with Crippen LogP contribution in [0, 0.1) is 5.82 Å². The molecule has 2 rings (SSSR count). The molecule has 0 amide bonds. The maximum atomic E-state index is 12.9. The molecule has 0 saturated carbocycles. The van der Waals surface area contributed by atoms with Gasteiger partial charge in [-0.1, -0.05) is 35.9 Å². The van der Waals surface area contributed by atoms with Gasteiger partial charge in [-0.3, -0.25) is 0 Å². The summed E-state index contributed by atoms with van der Waals surface area (Å²) in [6.07, 6.45) is 1.08. The first-order valence-electron chi connectivity index (χ1n) is 5.53. The minimum atomic E-state index is -1.07. The molecule has 0 spiro atoms. The van der Waals surface area contributed by atoms with Gasteiger partial charge in [-0.2, -0.15) is 0 Å². The van der Waals surface area contributed by atoms with Gasteiger partial charge in [0, 0.05) is 11.1 Å². The summed E-state index contributed by atoms with van der Waals surface area (Å²) in [6, 6.07) is 12.5. The van der Waals surface area contributed by atoms with Crippen LogP contribution >= 0.6 is 11.6 Å². The summed E-state index contributed by atoms with van der Waals surface area (Å²) in [7, 11) is 0. The van der Waals surface area contributed by atoms with E-state index in [9.17, 15) is 9.18 Å². The molecule has 0 saturated heterocycles. The van der Waals surface area contributed by atoms with Crippen LogP contribution in [0.5, 0.6) is 0 Å². The highest BCUT2D eigenvalue weighted by Gasteiger charge is 2.08. The summed E-state index contributed by atoms with van der Waals surface area (Å²) >= 11 is 5.90. The molecule has 4 heteroatoms. The van der Waals surface area contributed by atoms with E-state index in [0.29, 0.717) is 21.7 Å². The van der Waals surface area contributed by atoms with Gasteiger partial charge in [0.15, 0.2) is 0 Å². The predicted octanol–water partition coefficient (Wildman–Crippen LogP) is 4.00. The molecule has 0 fully saturated rings. The Bertz CT molecular complexity index is 633. The van der Waals surface area contributed by atoms with Gasteiger partial charge in [0.1, 0.15) is 5.82 Å². The second-order valence-electron chi connectivity index (χ2n) is 3.91. The highest BCUT2D eigenvalue weighted by atomic mass is 35.5. The van der Waals surface area contributed by atoms with Gasteiger partial charge in [0.05, 0.1) is 0 Å². The van der Waals surface area contributed by atoms with E-state index >= 15 is 0 Å². The lowest BCUT2D eigenvalue weighted by Crippen LogP contribution is -1.95. The molecule has 19 heavy (non-hydrogen) atoms. The molecule has 0 aliphatic rings. The zero-order valence-electron chi connectivity index (χ0n) is 9.81. The first-order valence-corrected chi connectivity index (χ1v) is 5.90. The zero-order valence-corrected chi connectivity index (χ0v) is 10.6. The summed E-state index contributed by atoms with van der Waals surface area (Å²) < 4.78 is 12.9. The van der Waals surface area contributed by atoms with Crippen LogP contribution in [0.1, 0.15) is 11.1 Å². The molecular weight excluding hydrogens is 267 g/mol. The van der Waals surface area contributed by atoms with Crippen molar-refractivity contribution in [1.29, 1.82) is 0 Å². The van der Waals surface area contributed by atoms with Crippen LogP contribution in [-0.2, 0) is 4.79 Å². The fourth-order valence-corrected chi connectivity index (χ4v) is 1.93. The Balaban J connectivity index is 2.54. The molecular formula is C15H10ClFO2. The molecule has 2 nitrogen and oxygen atoms in total. The SMILES string of the molecule is O=C(O)/C=C(/c1ccc(F)cc1)c1cccc(Cl)c1. The summed E-state index contributed by atoms with van der Waals surface area (Å²) in [5.74, 6) is -1.44. The van der Waals surface area contributed by atoms with Gasteiger partial charge in [-0.05, 0) is 41.0 Å². The third-order valence-electron chi connectivity index (χ3n) is 2.56. The largest absolute Gasteiger partial charge is 0.478 e. The monoisotopic (exact) mass is 276 g/mol.